The number of nitrogens with zero attached hydrogens (tertiary/aromatic N) is 1. The van der Waals surface area contributed by atoms with Crippen LogP contribution < -0.4 is 0 Å². The van der Waals surface area contributed by atoms with Gasteiger partial charge < -0.3 is 14.4 Å². The number of ether oxygens (including phenoxy) is 1. The van der Waals surface area contributed by atoms with Crippen LogP contribution in [0.4, 0.5) is 0 Å². The highest BCUT2D eigenvalue weighted by atomic mass is 16.5. The Balaban J connectivity index is 2.14. The first-order valence-electron chi connectivity index (χ1n) is 5.03. The van der Waals surface area contributed by atoms with Gasteiger partial charge in [0.1, 0.15) is 6.29 Å². The first kappa shape index (κ1) is 10.7. The van der Waals surface area contributed by atoms with E-state index in [2.05, 4.69) is 4.90 Å². The number of hydrogen-bond acceptors (Lipinski definition) is 3. The Labute approximate surface area is 80.1 Å². The third kappa shape index (κ3) is 3.87. The summed E-state index contributed by atoms with van der Waals surface area (Å²) in [5.41, 5.74) is 0. The Hall–Kier alpha value is -0.410. The number of aldehydes is 1. The van der Waals surface area contributed by atoms with E-state index >= 15 is 0 Å². The molecule has 0 bridgehead atoms. The van der Waals surface area contributed by atoms with Crippen LogP contribution in [0.5, 0.6) is 0 Å². The Kier molecular flexibility index (Phi) is 5.01. The van der Waals surface area contributed by atoms with Gasteiger partial charge >= 0.3 is 0 Å². The SMILES string of the molecule is COCCCN1CCCC(C=O)C1. The first-order valence-corrected chi connectivity index (χ1v) is 5.03. The second-order valence-electron chi connectivity index (χ2n) is 3.69. The maximum atomic E-state index is 10.6. The first-order chi connectivity index (χ1) is 6.36. The molecule has 3 heteroatoms. The molecule has 0 aromatic carbocycles. The summed E-state index contributed by atoms with van der Waals surface area (Å²) < 4.78 is 4.99. The summed E-state index contributed by atoms with van der Waals surface area (Å²) in [5.74, 6) is 0.274. The minimum atomic E-state index is 0.274. The van der Waals surface area contributed by atoms with E-state index in [1.807, 2.05) is 0 Å². The van der Waals surface area contributed by atoms with Crippen LogP contribution in [-0.2, 0) is 9.53 Å². The number of rotatable bonds is 5. The molecule has 1 unspecified atom stereocenters. The lowest BCUT2D eigenvalue weighted by Gasteiger charge is -2.29. The van der Waals surface area contributed by atoms with Crippen molar-refractivity contribution >= 4 is 6.29 Å². The van der Waals surface area contributed by atoms with E-state index < -0.39 is 0 Å². The third-order valence-corrected chi connectivity index (χ3v) is 2.56. The number of carbonyl (C=O) groups is 1. The molecule has 1 rings (SSSR count). The quantitative estimate of drug-likeness (QED) is 0.471. The van der Waals surface area contributed by atoms with Gasteiger partial charge in [0.25, 0.3) is 0 Å². The van der Waals surface area contributed by atoms with Gasteiger partial charge in [-0.3, -0.25) is 0 Å². The van der Waals surface area contributed by atoms with E-state index in [9.17, 15) is 4.79 Å². The summed E-state index contributed by atoms with van der Waals surface area (Å²) in [7, 11) is 1.73. The largest absolute Gasteiger partial charge is 0.385 e. The van der Waals surface area contributed by atoms with Crippen molar-refractivity contribution in [2.24, 2.45) is 5.92 Å². The van der Waals surface area contributed by atoms with Crippen LogP contribution in [-0.4, -0.2) is 44.5 Å². The molecule has 13 heavy (non-hydrogen) atoms. The zero-order valence-corrected chi connectivity index (χ0v) is 8.37. The monoisotopic (exact) mass is 185 g/mol. The molecular formula is C10H19NO2. The molecule has 1 aliphatic rings. The molecule has 0 radical (unpaired) electrons. The molecule has 76 valence electrons. The third-order valence-electron chi connectivity index (χ3n) is 2.56. The van der Waals surface area contributed by atoms with E-state index in [0.29, 0.717) is 0 Å². The van der Waals surface area contributed by atoms with Gasteiger partial charge in [0.2, 0.25) is 0 Å². The summed E-state index contributed by atoms with van der Waals surface area (Å²) in [6.07, 6.45) is 4.41. The van der Waals surface area contributed by atoms with Crippen LogP contribution in [0.2, 0.25) is 0 Å². The van der Waals surface area contributed by atoms with Crippen LogP contribution in [0.3, 0.4) is 0 Å². The molecule has 3 nitrogen and oxygen atoms in total. The average molecular weight is 185 g/mol. The van der Waals surface area contributed by atoms with Gasteiger partial charge in [-0.2, -0.15) is 0 Å². The number of carbonyl (C=O) groups excluding carboxylic acids is 1. The molecule has 0 aromatic heterocycles. The Morgan fingerprint density at radius 3 is 3.15 bits per heavy atom. The molecule has 0 aliphatic carbocycles. The highest BCUT2D eigenvalue weighted by Crippen LogP contribution is 2.14. The molecular weight excluding hydrogens is 166 g/mol. The van der Waals surface area contributed by atoms with Crippen LogP contribution in [0.1, 0.15) is 19.3 Å². The number of likely N-dealkylation sites (tertiary alicyclic amines) is 1. The molecule has 1 fully saturated rings. The normalized spacial score (nSPS) is 24.5. The molecule has 1 aliphatic heterocycles. The lowest BCUT2D eigenvalue weighted by Crippen LogP contribution is -2.36. The maximum Gasteiger partial charge on any atom is 0.124 e. The van der Waals surface area contributed by atoms with Crippen molar-refractivity contribution in [2.45, 2.75) is 19.3 Å². The highest BCUT2D eigenvalue weighted by molar-refractivity contribution is 5.53. The fraction of sp³-hybridized carbons (Fsp3) is 0.900. The minimum Gasteiger partial charge on any atom is -0.385 e. The van der Waals surface area contributed by atoms with Crippen molar-refractivity contribution in [3.05, 3.63) is 0 Å². The fourth-order valence-corrected chi connectivity index (χ4v) is 1.84. The minimum absolute atomic E-state index is 0.274. The molecule has 1 saturated heterocycles. The lowest BCUT2D eigenvalue weighted by molar-refractivity contribution is -0.112. The van der Waals surface area contributed by atoms with Gasteiger partial charge in [-0.15, -0.1) is 0 Å². The van der Waals surface area contributed by atoms with E-state index in [1.165, 1.54) is 0 Å². The number of piperidine rings is 1. The summed E-state index contributed by atoms with van der Waals surface area (Å²) >= 11 is 0. The van der Waals surface area contributed by atoms with Crippen molar-refractivity contribution in [1.29, 1.82) is 0 Å². The summed E-state index contributed by atoms with van der Waals surface area (Å²) in [5, 5.41) is 0. The molecule has 0 spiro atoms. The topological polar surface area (TPSA) is 29.5 Å². The van der Waals surface area contributed by atoms with Gasteiger partial charge in [-0.25, -0.2) is 0 Å². The van der Waals surface area contributed by atoms with E-state index in [1.54, 1.807) is 7.11 Å². The number of methoxy groups -OCH3 is 1. The molecule has 0 saturated carbocycles. The Morgan fingerprint density at radius 1 is 1.62 bits per heavy atom. The standard InChI is InChI=1S/C10H19NO2/c1-13-7-3-6-11-5-2-4-10(8-11)9-12/h9-10H,2-8H2,1H3. The van der Waals surface area contributed by atoms with E-state index in [4.69, 9.17) is 4.74 Å². The van der Waals surface area contributed by atoms with E-state index in [-0.39, 0.29) is 5.92 Å². The molecule has 1 atom stereocenters. The number of hydrogen-bond donors (Lipinski definition) is 0. The molecule has 1 heterocycles. The predicted octanol–water partition coefficient (Wildman–Crippen LogP) is 0.934. The van der Waals surface area contributed by atoms with Crippen LogP contribution >= 0.6 is 0 Å². The summed E-state index contributed by atoms with van der Waals surface area (Å²) in [6.45, 7) is 3.99. The summed E-state index contributed by atoms with van der Waals surface area (Å²) in [4.78, 5) is 12.9. The Bertz CT molecular complexity index is 150. The second-order valence-corrected chi connectivity index (χ2v) is 3.69. The molecule has 0 amide bonds. The predicted molar refractivity (Wildman–Crippen MR) is 51.7 cm³/mol. The van der Waals surface area contributed by atoms with Crippen molar-refractivity contribution < 1.29 is 9.53 Å². The van der Waals surface area contributed by atoms with Crippen molar-refractivity contribution in [2.75, 3.05) is 33.4 Å². The van der Waals surface area contributed by atoms with Gasteiger partial charge in [0.05, 0.1) is 0 Å². The van der Waals surface area contributed by atoms with Gasteiger partial charge in [0, 0.05) is 32.7 Å². The van der Waals surface area contributed by atoms with Crippen molar-refractivity contribution in [3.8, 4) is 0 Å². The second kappa shape index (κ2) is 6.11. The van der Waals surface area contributed by atoms with Gasteiger partial charge in [-0.05, 0) is 25.8 Å². The van der Waals surface area contributed by atoms with E-state index in [0.717, 1.165) is 51.8 Å². The van der Waals surface area contributed by atoms with Gasteiger partial charge in [0.15, 0.2) is 0 Å². The molecule has 0 N–H and O–H groups in total. The fourth-order valence-electron chi connectivity index (χ4n) is 1.84. The van der Waals surface area contributed by atoms with Crippen LogP contribution in [0, 0.1) is 5.92 Å². The van der Waals surface area contributed by atoms with Crippen molar-refractivity contribution in [1.82, 2.24) is 4.90 Å². The zero-order valence-electron chi connectivity index (χ0n) is 8.37. The zero-order chi connectivity index (χ0) is 9.52. The van der Waals surface area contributed by atoms with Crippen LogP contribution in [0.25, 0.3) is 0 Å². The van der Waals surface area contributed by atoms with Crippen LogP contribution in [0.15, 0.2) is 0 Å². The smallest absolute Gasteiger partial charge is 0.124 e. The maximum absolute atomic E-state index is 10.6. The van der Waals surface area contributed by atoms with Gasteiger partial charge in [-0.1, -0.05) is 0 Å². The van der Waals surface area contributed by atoms with Crippen molar-refractivity contribution in [3.63, 3.8) is 0 Å². The Morgan fingerprint density at radius 2 is 2.46 bits per heavy atom. The lowest BCUT2D eigenvalue weighted by atomic mass is 10.00. The summed E-state index contributed by atoms with van der Waals surface area (Å²) in [6, 6.07) is 0. The molecule has 0 aromatic rings. The average Bonchev–Trinajstić information content (AvgIpc) is 2.19. The highest BCUT2D eigenvalue weighted by Gasteiger charge is 2.18.